The van der Waals surface area contributed by atoms with Gasteiger partial charge in [0, 0.05) is 25.1 Å². The second-order valence-corrected chi connectivity index (χ2v) is 4.43. The summed E-state index contributed by atoms with van der Waals surface area (Å²) in [5, 5.41) is 6.68. The molecule has 1 N–H and O–H groups in total. The van der Waals surface area contributed by atoms with E-state index in [2.05, 4.69) is 29.5 Å². The van der Waals surface area contributed by atoms with E-state index in [0.29, 0.717) is 0 Å². The maximum absolute atomic E-state index is 5.43. The first-order valence-electron chi connectivity index (χ1n) is 5.51. The number of aromatic nitrogens is 1. The molecule has 0 fully saturated rings. The maximum atomic E-state index is 5.43. The zero-order valence-electron chi connectivity index (χ0n) is 9.75. The summed E-state index contributed by atoms with van der Waals surface area (Å²) < 4.78 is 5.43. The molecule has 0 saturated carbocycles. The normalized spacial score (nSPS) is 13.0. The summed E-state index contributed by atoms with van der Waals surface area (Å²) in [5.41, 5.74) is 1.14. The predicted molar refractivity (Wildman–Crippen MR) is 64.3 cm³/mol. The van der Waals surface area contributed by atoms with Crippen LogP contribution in [0.4, 0.5) is 0 Å². The van der Waals surface area contributed by atoms with E-state index in [1.54, 1.807) is 11.3 Å². The largest absolute Gasteiger partial charge is 0.377 e. The average Bonchev–Trinajstić information content (AvgIpc) is 2.66. The van der Waals surface area contributed by atoms with Gasteiger partial charge in [-0.3, -0.25) is 0 Å². The zero-order chi connectivity index (χ0) is 11.1. The number of nitrogens with one attached hydrogen (secondary N) is 1. The SMILES string of the molecule is CCOC(C)CNCc1csc(CC)n1. The van der Waals surface area contributed by atoms with Crippen molar-refractivity contribution < 1.29 is 4.74 Å². The Morgan fingerprint density at radius 2 is 2.33 bits per heavy atom. The summed E-state index contributed by atoms with van der Waals surface area (Å²) in [7, 11) is 0. The molecule has 0 aromatic carbocycles. The molecule has 1 unspecified atom stereocenters. The molecule has 3 nitrogen and oxygen atoms in total. The smallest absolute Gasteiger partial charge is 0.0926 e. The molecule has 0 saturated heterocycles. The van der Waals surface area contributed by atoms with Crippen LogP contribution in [0.1, 0.15) is 31.5 Å². The first-order chi connectivity index (χ1) is 7.26. The molecule has 0 amide bonds. The van der Waals surface area contributed by atoms with E-state index in [4.69, 9.17) is 4.74 Å². The molecule has 0 aliphatic rings. The Balaban J connectivity index is 2.19. The van der Waals surface area contributed by atoms with E-state index >= 15 is 0 Å². The molecule has 1 atom stereocenters. The van der Waals surface area contributed by atoms with Crippen molar-refractivity contribution in [2.45, 2.75) is 39.8 Å². The summed E-state index contributed by atoms with van der Waals surface area (Å²) >= 11 is 1.74. The van der Waals surface area contributed by atoms with Crippen molar-refractivity contribution in [1.82, 2.24) is 10.3 Å². The molecule has 0 bridgehead atoms. The minimum absolute atomic E-state index is 0.277. The molecule has 1 aromatic rings. The van der Waals surface area contributed by atoms with Crippen molar-refractivity contribution in [3.8, 4) is 0 Å². The minimum atomic E-state index is 0.277. The summed E-state index contributed by atoms with van der Waals surface area (Å²) in [6, 6.07) is 0. The van der Waals surface area contributed by atoms with Gasteiger partial charge in [0.1, 0.15) is 0 Å². The highest BCUT2D eigenvalue weighted by molar-refractivity contribution is 7.09. The third-order valence-corrected chi connectivity index (χ3v) is 3.13. The fourth-order valence-corrected chi connectivity index (χ4v) is 2.08. The van der Waals surface area contributed by atoms with Crippen LogP contribution in [0.3, 0.4) is 0 Å². The monoisotopic (exact) mass is 228 g/mol. The fourth-order valence-electron chi connectivity index (χ4n) is 1.34. The second-order valence-electron chi connectivity index (χ2n) is 3.48. The van der Waals surface area contributed by atoms with Crippen LogP contribution in [0.2, 0.25) is 0 Å². The lowest BCUT2D eigenvalue weighted by Crippen LogP contribution is -2.26. The van der Waals surface area contributed by atoms with Crippen LogP contribution in [0.15, 0.2) is 5.38 Å². The highest BCUT2D eigenvalue weighted by atomic mass is 32.1. The lowest BCUT2D eigenvalue weighted by molar-refractivity contribution is 0.0759. The third kappa shape index (κ3) is 4.73. The van der Waals surface area contributed by atoms with Crippen LogP contribution in [0, 0.1) is 0 Å². The van der Waals surface area contributed by atoms with Crippen molar-refractivity contribution in [2.24, 2.45) is 0 Å². The molecule has 1 rings (SSSR count). The van der Waals surface area contributed by atoms with Crippen LogP contribution in [0.5, 0.6) is 0 Å². The Morgan fingerprint density at radius 1 is 1.53 bits per heavy atom. The van der Waals surface area contributed by atoms with Gasteiger partial charge in [-0.2, -0.15) is 0 Å². The molecule has 0 aliphatic heterocycles. The Labute approximate surface area is 95.9 Å². The highest BCUT2D eigenvalue weighted by Gasteiger charge is 2.02. The number of nitrogens with zero attached hydrogens (tertiary/aromatic N) is 1. The van der Waals surface area contributed by atoms with Crippen LogP contribution in [-0.4, -0.2) is 24.2 Å². The molecule has 0 radical (unpaired) electrons. The third-order valence-electron chi connectivity index (χ3n) is 2.09. The standard InChI is InChI=1S/C11H20N2OS/c1-4-11-13-10(8-15-11)7-12-6-9(3)14-5-2/h8-9,12H,4-7H2,1-3H3. The quantitative estimate of drug-likeness (QED) is 0.777. The van der Waals surface area contributed by atoms with Gasteiger partial charge in [0.25, 0.3) is 0 Å². The molecule has 0 aliphatic carbocycles. The number of hydrogen-bond donors (Lipinski definition) is 1. The van der Waals surface area contributed by atoms with E-state index in [1.165, 1.54) is 5.01 Å². The van der Waals surface area contributed by atoms with Gasteiger partial charge in [0.2, 0.25) is 0 Å². The van der Waals surface area contributed by atoms with Crippen molar-refractivity contribution in [2.75, 3.05) is 13.2 Å². The Kier molecular flexibility index (Phi) is 5.83. The summed E-state index contributed by atoms with van der Waals surface area (Å²) in [5.74, 6) is 0. The molecular formula is C11H20N2OS. The first-order valence-corrected chi connectivity index (χ1v) is 6.39. The topological polar surface area (TPSA) is 34.1 Å². The van der Waals surface area contributed by atoms with Gasteiger partial charge in [0.05, 0.1) is 16.8 Å². The average molecular weight is 228 g/mol. The zero-order valence-corrected chi connectivity index (χ0v) is 10.6. The minimum Gasteiger partial charge on any atom is -0.377 e. The van der Waals surface area contributed by atoms with Gasteiger partial charge >= 0.3 is 0 Å². The van der Waals surface area contributed by atoms with E-state index in [9.17, 15) is 0 Å². The van der Waals surface area contributed by atoms with Crippen molar-refractivity contribution in [3.05, 3.63) is 16.1 Å². The predicted octanol–water partition coefficient (Wildman–Crippen LogP) is 2.22. The summed E-state index contributed by atoms with van der Waals surface area (Å²) in [4.78, 5) is 4.49. The molecule has 0 spiro atoms. The number of ether oxygens (including phenoxy) is 1. The van der Waals surface area contributed by atoms with Gasteiger partial charge in [-0.25, -0.2) is 4.98 Å². The van der Waals surface area contributed by atoms with E-state index in [1.807, 2.05) is 6.92 Å². The Hall–Kier alpha value is -0.450. The van der Waals surface area contributed by atoms with Crippen LogP contribution in [0.25, 0.3) is 0 Å². The maximum Gasteiger partial charge on any atom is 0.0926 e. The molecule has 86 valence electrons. The number of rotatable bonds is 7. The lowest BCUT2D eigenvalue weighted by Gasteiger charge is -2.11. The lowest BCUT2D eigenvalue weighted by atomic mass is 10.4. The van der Waals surface area contributed by atoms with Crippen molar-refractivity contribution >= 4 is 11.3 Å². The Morgan fingerprint density at radius 3 is 2.93 bits per heavy atom. The van der Waals surface area contributed by atoms with Gasteiger partial charge in [-0.05, 0) is 20.3 Å². The molecular weight excluding hydrogens is 208 g/mol. The summed E-state index contributed by atoms with van der Waals surface area (Å²) in [6.07, 6.45) is 1.30. The molecule has 1 aromatic heterocycles. The molecule has 4 heteroatoms. The van der Waals surface area contributed by atoms with Gasteiger partial charge in [-0.15, -0.1) is 11.3 Å². The molecule has 15 heavy (non-hydrogen) atoms. The number of aryl methyl sites for hydroxylation is 1. The van der Waals surface area contributed by atoms with E-state index in [-0.39, 0.29) is 6.10 Å². The first kappa shape index (κ1) is 12.6. The second kappa shape index (κ2) is 6.93. The summed E-state index contributed by atoms with van der Waals surface area (Å²) in [6.45, 7) is 8.73. The van der Waals surface area contributed by atoms with Crippen molar-refractivity contribution in [3.63, 3.8) is 0 Å². The van der Waals surface area contributed by atoms with E-state index in [0.717, 1.165) is 31.8 Å². The highest BCUT2D eigenvalue weighted by Crippen LogP contribution is 2.09. The van der Waals surface area contributed by atoms with Crippen LogP contribution in [-0.2, 0) is 17.7 Å². The number of hydrogen-bond acceptors (Lipinski definition) is 4. The van der Waals surface area contributed by atoms with Gasteiger partial charge in [-0.1, -0.05) is 6.92 Å². The van der Waals surface area contributed by atoms with Crippen molar-refractivity contribution in [1.29, 1.82) is 0 Å². The van der Waals surface area contributed by atoms with Gasteiger partial charge in [0.15, 0.2) is 0 Å². The fraction of sp³-hybridized carbons (Fsp3) is 0.727. The van der Waals surface area contributed by atoms with Crippen LogP contribution >= 0.6 is 11.3 Å². The van der Waals surface area contributed by atoms with Crippen LogP contribution < -0.4 is 5.32 Å². The molecule has 1 heterocycles. The Bertz CT molecular complexity index is 275. The number of thiazole rings is 1. The van der Waals surface area contributed by atoms with E-state index < -0.39 is 0 Å². The van der Waals surface area contributed by atoms with Gasteiger partial charge < -0.3 is 10.1 Å².